The zero-order valence-corrected chi connectivity index (χ0v) is 13.0. The number of nitrogens with zero attached hydrogens (tertiary/aromatic N) is 3. The van der Waals surface area contributed by atoms with Crippen molar-refractivity contribution >= 4 is 0 Å². The quantitative estimate of drug-likeness (QED) is 0.809. The largest absolute Gasteiger partial charge is 0.375 e. The maximum absolute atomic E-state index is 5.72. The fourth-order valence-corrected chi connectivity index (χ4v) is 2.58. The lowest BCUT2D eigenvalue weighted by molar-refractivity contribution is 0.0694. The van der Waals surface area contributed by atoms with Crippen LogP contribution in [0.15, 0.2) is 36.7 Å². The Morgan fingerprint density at radius 2 is 2.05 bits per heavy atom. The summed E-state index contributed by atoms with van der Waals surface area (Å²) in [4.78, 5) is 4.39. The fraction of sp³-hybridized carbons (Fsp3) is 0.500. The molecule has 0 spiro atoms. The van der Waals surface area contributed by atoms with Gasteiger partial charge in [0.15, 0.2) is 0 Å². The van der Waals surface area contributed by atoms with Crippen LogP contribution < -0.4 is 5.32 Å². The van der Waals surface area contributed by atoms with Gasteiger partial charge >= 0.3 is 0 Å². The van der Waals surface area contributed by atoms with Crippen LogP contribution in [0.4, 0.5) is 0 Å². The molecule has 0 fully saturated rings. The smallest absolute Gasteiger partial charge is 0.138 e. The van der Waals surface area contributed by atoms with Crippen molar-refractivity contribution in [2.24, 2.45) is 0 Å². The summed E-state index contributed by atoms with van der Waals surface area (Å²) in [6.45, 7) is 3.04. The summed E-state index contributed by atoms with van der Waals surface area (Å²) in [6.07, 6.45) is 3.45. The lowest BCUT2D eigenvalue weighted by Gasteiger charge is -2.26. The molecule has 1 N–H and O–H groups in total. The van der Waals surface area contributed by atoms with Gasteiger partial charge in [0.05, 0.1) is 6.10 Å². The van der Waals surface area contributed by atoms with E-state index in [-0.39, 0.29) is 12.1 Å². The molecular formula is C16H24N4O. The number of nitrogens with one attached hydrogen (secondary N) is 1. The maximum atomic E-state index is 5.72. The Morgan fingerprint density at radius 1 is 1.29 bits per heavy atom. The van der Waals surface area contributed by atoms with E-state index < -0.39 is 0 Å². The minimum Gasteiger partial charge on any atom is -0.375 e. The minimum absolute atomic E-state index is 0.0111. The first-order valence-electron chi connectivity index (χ1n) is 7.41. The van der Waals surface area contributed by atoms with Crippen LogP contribution in [0.5, 0.6) is 0 Å². The Labute approximate surface area is 126 Å². The number of rotatable bonds is 8. The SMILES string of the molecule is CCCn1ncnc1CC(NC)C(OC)c1ccccc1. The first-order valence-corrected chi connectivity index (χ1v) is 7.41. The molecule has 1 aromatic heterocycles. The average Bonchev–Trinajstić information content (AvgIpc) is 2.95. The third-order valence-corrected chi connectivity index (χ3v) is 3.65. The number of aromatic nitrogens is 3. The zero-order chi connectivity index (χ0) is 15.1. The predicted molar refractivity (Wildman–Crippen MR) is 83.1 cm³/mol. The highest BCUT2D eigenvalue weighted by Crippen LogP contribution is 2.22. The summed E-state index contributed by atoms with van der Waals surface area (Å²) in [7, 11) is 3.71. The molecule has 114 valence electrons. The Hall–Kier alpha value is -1.72. The van der Waals surface area contributed by atoms with Crippen molar-refractivity contribution in [3.05, 3.63) is 48.0 Å². The molecule has 5 heteroatoms. The summed E-state index contributed by atoms with van der Waals surface area (Å²) in [5.74, 6) is 0.995. The number of methoxy groups -OCH3 is 1. The van der Waals surface area contributed by atoms with Crippen LogP contribution in [0.3, 0.4) is 0 Å². The first-order chi connectivity index (χ1) is 10.3. The van der Waals surface area contributed by atoms with Crippen LogP contribution in [-0.2, 0) is 17.7 Å². The van der Waals surface area contributed by atoms with Gasteiger partial charge in [0.1, 0.15) is 12.2 Å². The molecule has 2 unspecified atom stereocenters. The van der Waals surface area contributed by atoms with Gasteiger partial charge in [0.2, 0.25) is 0 Å². The molecule has 2 rings (SSSR count). The first kappa shape index (κ1) is 15.7. The van der Waals surface area contributed by atoms with E-state index in [0.717, 1.165) is 25.2 Å². The molecular weight excluding hydrogens is 264 g/mol. The van der Waals surface area contributed by atoms with E-state index in [1.807, 2.05) is 29.9 Å². The highest BCUT2D eigenvalue weighted by atomic mass is 16.5. The molecule has 0 saturated carbocycles. The third-order valence-electron chi connectivity index (χ3n) is 3.65. The van der Waals surface area contributed by atoms with Gasteiger partial charge in [-0.1, -0.05) is 37.3 Å². The zero-order valence-electron chi connectivity index (χ0n) is 13.0. The molecule has 21 heavy (non-hydrogen) atoms. The van der Waals surface area contributed by atoms with E-state index in [1.165, 1.54) is 5.56 Å². The molecule has 1 aromatic carbocycles. The maximum Gasteiger partial charge on any atom is 0.138 e. The van der Waals surface area contributed by atoms with Crippen molar-refractivity contribution in [2.75, 3.05) is 14.2 Å². The molecule has 0 aliphatic carbocycles. The summed E-state index contributed by atoms with van der Waals surface area (Å²) < 4.78 is 7.69. The number of benzene rings is 1. The van der Waals surface area contributed by atoms with Crippen molar-refractivity contribution < 1.29 is 4.74 Å². The summed E-state index contributed by atoms with van der Waals surface area (Å²) in [6, 6.07) is 10.4. The second-order valence-corrected chi connectivity index (χ2v) is 5.07. The van der Waals surface area contributed by atoms with E-state index >= 15 is 0 Å². The molecule has 1 heterocycles. The van der Waals surface area contributed by atoms with Gasteiger partial charge in [0.25, 0.3) is 0 Å². The molecule has 5 nitrogen and oxygen atoms in total. The average molecular weight is 288 g/mol. The van der Waals surface area contributed by atoms with E-state index in [9.17, 15) is 0 Å². The summed E-state index contributed by atoms with van der Waals surface area (Å²) in [5.41, 5.74) is 1.17. The monoisotopic (exact) mass is 288 g/mol. The molecule has 0 radical (unpaired) electrons. The number of likely N-dealkylation sites (N-methyl/N-ethyl adjacent to an activating group) is 1. The molecule has 2 aromatic rings. The lowest BCUT2D eigenvalue weighted by atomic mass is 9.99. The predicted octanol–water partition coefficient (Wildman–Crippen LogP) is 2.21. The van der Waals surface area contributed by atoms with Crippen molar-refractivity contribution in [1.82, 2.24) is 20.1 Å². The van der Waals surface area contributed by atoms with Crippen LogP contribution in [0.2, 0.25) is 0 Å². The molecule has 0 saturated heterocycles. The highest BCUT2D eigenvalue weighted by molar-refractivity contribution is 5.19. The second-order valence-electron chi connectivity index (χ2n) is 5.07. The minimum atomic E-state index is -0.0111. The molecule has 0 bridgehead atoms. The number of hydrogen-bond acceptors (Lipinski definition) is 4. The Kier molecular flexibility index (Phi) is 5.90. The molecule has 2 atom stereocenters. The standard InChI is InChI=1S/C16H24N4O/c1-4-10-20-15(18-12-19-20)11-14(17-2)16(21-3)13-8-6-5-7-9-13/h5-9,12,14,16-17H,4,10-11H2,1-3H3. The van der Waals surface area contributed by atoms with E-state index in [1.54, 1.807) is 13.4 Å². The van der Waals surface area contributed by atoms with Gasteiger partial charge in [-0.3, -0.25) is 4.68 Å². The Morgan fingerprint density at radius 3 is 2.67 bits per heavy atom. The number of hydrogen-bond donors (Lipinski definition) is 1. The number of ether oxygens (including phenoxy) is 1. The fourth-order valence-electron chi connectivity index (χ4n) is 2.58. The highest BCUT2D eigenvalue weighted by Gasteiger charge is 2.23. The Bertz CT molecular complexity index is 526. The molecule has 0 aliphatic rings. The van der Waals surface area contributed by atoms with Crippen molar-refractivity contribution in [1.29, 1.82) is 0 Å². The van der Waals surface area contributed by atoms with Crippen LogP contribution in [0, 0.1) is 0 Å². The van der Waals surface area contributed by atoms with Gasteiger partial charge < -0.3 is 10.1 Å². The van der Waals surface area contributed by atoms with Gasteiger partial charge in [-0.05, 0) is 19.0 Å². The number of aryl methyl sites for hydroxylation is 1. The summed E-state index contributed by atoms with van der Waals surface area (Å²) >= 11 is 0. The van der Waals surface area contributed by atoms with Crippen LogP contribution in [0.25, 0.3) is 0 Å². The normalized spacial score (nSPS) is 14.0. The van der Waals surface area contributed by atoms with E-state index in [0.29, 0.717) is 0 Å². The van der Waals surface area contributed by atoms with Crippen molar-refractivity contribution in [3.8, 4) is 0 Å². The van der Waals surface area contributed by atoms with Gasteiger partial charge in [-0.2, -0.15) is 5.10 Å². The van der Waals surface area contributed by atoms with Crippen molar-refractivity contribution in [2.45, 2.75) is 38.5 Å². The lowest BCUT2D eigenvalue weighted by Crippen LogP contribution is -2.36. The van der Waals surface area contributed by atoms with Gasteiger partial charge in [0, 0.05) is 26.1 Å². The topological polar surface area (TPSA) is 52.0 Å². The Balaban J connectivity index is 2.16. The van der Waals surface area contributed by atoms with Gasteiger partial charge in [-0.15, -0.1) is 0 Å². The molecule has 0 amide bonds. The summed E-state index contributed by atoms with van der Waals surface area (Å²) in [5, 5.41) is 7.64. The second kappa shape index (κ2) is 7.90. The van der Waals surface area contributed by atoms with E-state index in [2.05, 4.69) is 34.5 Å². The van der Waals surface area contributed by atoms with Gasteiger partial charge in [-0.25, -0.2) is 4.98 Å². The third kappa shape index (κ3) is 3.89. The van der Waals surface area contributed by atoms with E-state index in [4.69, 9.17) is 4.74 Å². The van der Waals surface area contributed by atoms with Crippen LogP contribution in [0.1, 0.15) is 30.8 Å². The molecule has 0 aliphatic heterocycles. The van der Waals surface area contributed by atoms with Crippen molar-refractivity contribution in [3.63, 3.8) is 0 Å². The van der Waals surface area contributed by atoms with Crippen LogP contribution >= 0.6 is 0 Å². The van der Waals surface area contributed by atoms with Crippen LogP contribution in [-0.4, -0.2) is 35.0 Å².